The van der Waals surface area contributed by atoms with Gasteiger partial charge in [0.15, 0.2) is 0 Å². The predicted molar refractivity (Wildman–Crippen MR) is 41.0 cm³/mol. The van der Waals surface area contributed by atoms with Crippen molar-refractivity contribution in [1.29, 1.82) is 0 Å². The van der Waals surface area contributed by atoms with Crippen molar-refractivity contribution in [1.82, 2.24) is 0 Å². The lowest BCUT2D eigenvalue weighted by atomic mass is 10.5. The molecule has 0 aliphatic carbocycles. The molecule has 1 heterocycles. The summed E-state index contributed by atoms with van der Waals surface area (Å²) in [7, 11) is -0.0841. The zero-order chi connectivity index (χ0) is 5.98. The Kier molecular flexibility index (Phi) is 1.45. The van der Waals surface area contributed by atoms with Crippen LogP contribution in [0.4, 0.5) is 0 Å². The summed E-state index contributed by atoms with van der Waals surface area (Å²) in [6, 6.07) is 0. The topological polar surface area (TPSA) is 0 Å². The lowest BCUT2D eigenvalue weighted by molar-refractivity contribution is 2.02. The predicted octanol–water partition coefficient (Wildman–Crippen LogP) is 1.66. The molecule has 8 heavy (non-hydrogen) atoms. The van der Waals surface area contributed by atoms with Crippen molar-refractivity contribution in [2.75, 3.05) is 6.26 Å². The number of hydrogen-bond acceptors (Lipinski definition) is 0. The van der Waals surface area contributed by atoms with Gasteiger partial charge in [0.05, 0.1) is 0 Å². The summed E-state index contributed by atoms with van der Waals surface area (Å²) in [6.07, 6.45) is 11.4. The molecule has 0 aromatic rings. The molecule has 0 aromatic carbocycles. The van der Waals surface area contributed by atoms with Gasteiger partial charge in [-0.05, 0) is 17.7 Å². The van der Waals surface area contributed by atoms with E-state index in [4.69, 9.17) is 6.42 Å². The molecule has 0 aromatic heterocycles. The van der Waals surface area contributed by atoms with Gasteiger partial charge in [-0.25, -0.2) is 10.9 Å². The van der Waals surface area contributed by atoms with E-state index in [9.17, 15) is 0 Å². The Morgan fingerprint density at radius 3 is 2.75 bits per heavy atom. The van der Waals surface area contributed by atoms with Crippen LogP contribution in [-0.2, 0) is 0 Å². The second-order valence-corrected chi connectivity index (χ2v) is 3.65. The average molecular weight is 124 g/mol. The van der Waals surface area contributed by atoms with Gasteiger partial charge >= 0.3 is 0 Å². The van der Waals surface area contributed by atoms with E-state index in [2.05, 4.69) is 17.6 Å². The summed E-state index contributed by atoms with van der Waals surface area (Å²) in [5, 5.41) is 2.16. The SMILES string of the molecule is C#CC1=CC=C[SH]1C. The van der Waals surface area contributed by atoms with E-state index in [-0.39, 0.29) is 10.9 Å². The quantitative estimate of drug-likeness (QED) is 0.368. The maximum absolute atomic E-state index is 5.18. The van der Waals surface area contributed by atoms with Crippen LogP contribution in [0.2, 0.25) is 0 Å². The maximum Gasteiger partial charge on any atom is 0.0408 e. The molecule has 0 amide bonds. The molecule has 1 heteroatoms. The van der Waals surface area contributed by atoms with Crippen LogP contribution in [0, 0.1) is 12.3 Å². The van der Waals surface area contributed by atoms with Crippen LogP contribution in [0.25, 0.3) is 0 Å². The van der Waals surface area contributed by atoms with E-state index >= 15 is 0 Å². The third kappa shape index (κ3) is 0.801. The van der Waals surface area contributed by atoms with Crippen LogP contribution in [0.15, 0.2) is 22.5 Å². The Morgan fingerprint density at radius 1 is 1.75 bits per heavy atom. The first-order chi connectivity index (χ1) is 3.84. The molecule has 0 spiro atoms. The van der Waals surface area contributed by atoms with Crippen molar-refractivity contribution in [2.45, 2.75) is 0 Å². The molecule has 0 saturated carbocycles. The highest BCUT2D eigenvalue weighted by atomic mass is 32.2. The zero-order valence-corrected chi connectivity index (χ0v) is 5.65. The molecule has 0 fully saturated rings. The minimum atomic E-state index is -0.0841. The summed E-state index contributed by atoms with van der Waals surface area (Å²) in [5.41, 5.74) is 0. The fourth-order valence-corrected chi connectivity index (χ4v) is 1.64. The molecule has 0 radical (unpaired) electrons. The molecule has 0 saturated heterocycles. The molecule has 1 atom stereocenters. The Labute approximate surface area is 52.6 Å². The highest BCUT2D eigenvalue weighted by Crippen LogP contribution is 2.35. The van der Waals surface area contributed by atoms with Crippen molar-refractivity contribution in [2.24, 2.45) is 0 Å². The van der Waals surface area contributed by atoms with Crippen LogP contribution in [-0.4, -0.2) is 6.26 Å². The highest BCUT2D eigenvalue weighted by molar-refractivity contribution is 8.22. The largest absolute Gasteiger partial charge is 0.202 e. The van der Waals surface area contributed by atoms with Crippen LogP contribution in [0.3, 0.4) is 0 Å². The van der Waals surface area contributed by atoms with E-state index in [0.717, 1.165) is 4.91 Å². The second-order valence-electron chi connectivity index (χ2n) is 1.65. The van der Waals surface area contributed by atoms with Gasteiger partial charge in [-0.3, -0.25) is 0 Å². The third-order valence-electron chi connectivity index (χ3n) is 1.09. The fourth-order valence-electron chi connectivity index (χ4n) is 0.611. The minimum absolute atomic E-state index is 0.0841. The minimum Gasteiger partial charge on any atom is -0.202 e. The Morgan fingerprint density at radius 2 is 2.50 bits per heavy atom. The number of terminal acetylenes is 1. The van der Waals surface area contributed by atoms with Crippen LogP contribution >= 0.6 is 10.9 Å². The molecule has 1 rings (SSSR count). The van der Waals surface area contributed by atoms with Crippen molar-refractivity contribution >= 4 is 10.9 Å². The van der Waals surface area contributed by atoms with Crippen molar-refractivity contribution in [3.05, 3.63) is 22.5 Å². The van der Waals surface area contributed by atoms with Gasteiger partial charge in [0.25, 0.3) is 0 Å². The molecular formula is C7H8S. The van der Waals surface area contributed by atoms with Gasteiger partial charge in [0.1, 0.15) is 0 Å². The van der Waals surface area contributed by atoms with E-state index < -0.39 is 0 Å². The molecule has 0 N–H and O–H groups in total. The number of thiol groups is 1. The Hall–Kier alpha value is -0.610. The lowest BCUT2D eigenvalue weighted by Gasteiger charge is -2.02. The van der Waals surface area contributed by atoms with Gasteiger partial charge in [-0.2, -0.15) is 0 Å². The Bertz CT molecular complexity index is 181. The number of rotatable bonds is 0. The molecule has 1 aliphatic rings. The van der Waals surface area contributed by atoms with Gasteiger partial charge in [-0.1, -0.05) is 12.0 Å². The third-order valence-corrected chi connectivity index (χ3v) is 2.75. The van der Waals surface area contributed by atoms with E-state index in [1.54, 1.807) is 0 Å². The summed E-state index contributed by atoms with van der Waals surface area (Å²) in [5.74, 6) is 2.64. The van der Waals surface area contributed by atoms with Gasteiger partial charge in [0, 0.05) is 4.91 Å². The summed E-state index contributed by atoms with van der Waals surface area (Å²) < 4.78 is 0. The molecular weight excluding hydrogens is 116 g/mol. The summed E-state index contributed by atoms with van der Waals surface area (Å²) >= 11 is 0. The van der Waals surface area contributed by atoms with Crippen LogP contribution < -0.4 is 0 Å². The molecule has 1 unspecified atom stereocenters. The fraction of sp³-hybridized carbons (Fsp3) is 0.143. The standard InChI is InChI=1S/C7H8S/c1-3-7-5-4-6-8(7)2/h1,4-6,8H,2H3. The molecule has 1 aliphatic heterocycles. The van der Waals surface area contributed by atoms with E-state index in [1.165, 1.54) is 0 Å². The summed E-state index contributed by atoms with van der Waals surface area (Å²) in [4.78, 5) is 1.15. The van der Waals surface area contributed by atoms with Gasteiger partial charge < -0.3 is 0 Å². The number of hydrogen-bond donors (Lipinski definition) is 1. The molecule has 42 valence electrons. The van der Waals surface area contributed by atoms with E-state index in [1.807, 2.05) is 12.2 Å². The van der Waals surface area contributed by atoms with Crippen molar-refractivity contribution in [3.63, 3.8) is 0 Å². The van der Waals surface area contributed by atoms with Gasteiger partial charge in [0.2, 0.25) is 0 Å². The van der Waals surface area contributed by atoms with Crippen molar-refractivity contribution < 1.29 is 0 Å². The lowest BCUT2D eigenvalue weighted by Crippen LogP contribution is -1.68. The first kappa shape index (κ1) is 5.53. The highest BCUT2D eigenvalue weighted by Gasteiger charge is 1.99. The number of allylic oxidation sites excluding steroid dienone is 3. The van der Waals surface area contributed by atoms with Crippen molar-refractivity contribution in [3.8, 4) is 12.3 Å². The summed E-state index contributed by atoms with van der Waals surface area (Å²) in [6.45, 7) is 0. The van der Waals surface area contributed by atoms with Gasteiger partial charge in [-0.15, -0.1) is 6.42 Å². The first-order valence-corrected chi connectivity index (χ1v) is 4.28. The maximum atomic E-state index is 5.18. The Balaban J connectivity index is 2.77. The normalized spacial score (nSPS) is 29.5. The molecule has 0 nitrogen and oxygen atoms in total. The smallest absolute Gasteiger partial charge is 0.0408 e. The second kappa shape index (κ2) is 2.11. The van der Waals surface area contributed by atoms with Crippen LogP contribution in [0.5, 0.6) is 0 Å². The van der Waals surface area contributed by atoms with Crippen LogP contribution in [0.1, 0.15) is 0 Å². The average Bonchev–Trinajstić information content (AvgIpc) is 2.14. The first-order valence-electron chi connectivity index (χ1n) is 2.42. The monoisotopic (exact) mass is 124 g/mol. The zero-order valence-electron chi connectivity index (χ0n) is 4.76. The van der Waals surface area contributed by atoms with E-state index in [0.29, 0.717) is 0 Å². The molecule has 0 bridgehead atoms.